The molecule has 0 fully saturated rings. The number of carbonyl (C=O) groups excluding carboxylic acids is 2. The van der Waals surface area contributed by atoms with Crippen molar-refractivity contribution in [2.75, 3.05) is 13.2 Å². The third-order valence-corrected chi connectivity index (χ3v) is 5.23. The highest BCUT2D eigenvalue weighted by atomic mass is 35.5. The average Bonchev–Trinajstić information content (AvgIpc) is 2.68. The second kappa shape index (κ2) is 11.3. The molecule has 0 bridgehead atoms. The van der Waals surface area contributed by atoms with Crippen LogP contribution < -0.4 is 10.1 Å². The van der Waals surface area contributed by atoms with Crippen LogP contribution >= 0.6 is 34.8 Å². The molecule has 1 N–H and O–H groups in total. The van der Waals surface area contributed by atoms with Crippen molar-refractivity contribution in [1.29, 1.82) is 0 Å². The van der Waals surface area contributed by atoms with Gasteiger partial charge in [0.1, 0.15) is 11.8 Å². The maximum Gasteiger partial charge on any atom is 0.261 e. The van der Waals surface area contributed by atoms with E-state index in [2.05, 4.69) is 5.32 Å². The van der Waals surface area contributed by atoms with Gasteiger partial charge in [0.15, 0.2) is 6.61 Å². The van der Waals surface area contributed by atoms with Crippen LogP contribution in [0, 0.1) is 0 Å². The Hall–Kier alpha value is -1.95. The maximum absolute atomic E-state index is 13.0. The lowest BCUT2D eigenvalue weighted by Gasteiger charge is -2.31. The number of rotatable bonds is 9. The second-order valence-corrected chi connectivity index (χ2v) is 7.54. The second-order valence-electron chi connectivity index (χ2n) is 6.29. The van der Waals surface area contributed by atoms with E-state index in [1.54, 1.807) is 42.5 Å². The van der Waals surface area contributed by atoms with Crippen LogP contribution in [-0.4, -0.2) is 35.9 Å². The molecule has 8 heteroatoms. The van der Waals surface area contributed by atoms with Crippen LogP contribution in [0.4, 0.5) is 0 Å². The quantitative estimate of drug-likeness (QED) is 0.578. The summed E-state index contributed by atoms with van der Waals surface area (Å²) < 4.78 is 5.59. The zero-order chi connectivity index (χ0) is 21.4. The molecule has 0 spiro atoms. The molecule has 2 rings (SSSR count). The van der Waals surface area contributed by atoms with Gasteiger partial charge in [-0.25, -0.2) is 0 Å². The van der Waals surface area contributed by atoms with Gasteiger partial charge in [-0.15, -0.1) is 0 Å². The fourth-order valence-corrected chi connectivity index (χ4v) is 3.55. The minimum atomic E-state index is -0.683. The molecule has 2 aromatic carbocycles. The Morgan fingerprint density at radius 2 is 1.72 bits per heavy atom. The summed E-state index contributed by atoms with van der Waals surface area (Å²) in [7, 11) is 0. The van der Waals surface area contributed by atoms with Crippen molar-refractivity contribution < 1.29 is 14.3 Å². The van der Waals surface area contributed by atoms with Gasteiger partial charge in [-0.2, -0.15) is 0 Å². The Balaban J connectivity index is 2.27. The van der Waals surface area contributed by atoms with Crippen LogP contribution in [0.1, 0.15) is 25.8 Å². The highest BCUT2D eigenvalue weighted by Gasteiger charge is 2.29. The van der Waals surface area contributed by atoms with Crippen molar-refractivity contribution in [2.45, 2.75) is 32.9 Å². The predicted molar refractivity (Wildman–Crippen MR) is 117 cm³/mol. The summed E-state index contributed by atoms with van der Waals surface area (Å²) >= 11 is 18.5. The van der Waals surface area contributed by atoms with Gasteiger partial charge in [-0.3, -0.25) is 9.59 Å². The first kappa shape index (κ1) is 23.3. The largest absolute Gasteiger partial charge is 0.484 e. The summed E-state index contributed by atoms with van der Waals surface area (Å²) in [5.74, 6) is -0.138. The molecule has 0 radical (unpaired) electrons. The lowest BCUT2D eigenvalue weighted by atomic mass is 10.1. The SMILES string of the molecule is CCNC(=O)[C@H](CC)N(Cc1c(Cl)cccc1Cl)C(=O)COc1cccc(Cl)c1. The van der Waals surface area contributed by atoms with E-state index in [1.807, 2.05) is 13.8 Å². The van der Waals surface area contributed by atoms with Gasteiger partial charge in [-0.05, 0) is 43.7 Å². The average molecular weight is 458 g/mol. The highest BCUT2D eigenvalue weighted by molar-refractivity contribution is 6.36. The Labute approximate surface area is 185 Å². The van der Waals surface area contributed by atoms with Gasteiger partial charge in [0.2, 0.25) is 5.91 Å². The molecule has 0 heterocycles. The van der Waals surface area contributed by atoms with E-state index >= 15 is 0 Å². The van der Waals surface area contributed by atoms with Gasteiger partial charge >= 0.3 is 0 Å². The number of likely N-dealkylation sites (N-methyl/N-ethyl adjacent to an activating group) is 1. The van der Waals surface area contributed by atoms with E-state index in [0.717, 1.165) is 0 Å². The van der Waals surface area contributed by atoms with Crippen molar-refractivity contribution in [2.24, 2.45) is 0 Å². The Bertz CT molecular complexity index is 841. The lowest BCUT2D eigenvalue weighted by Crippen LogP contribution is -2.50. The number of amides is 2. The van der Waals surface area contributed by atoms with Crippen LogP contribution in [0.3, 0.4) is 0 Å². The predicted octanol–water partition coefficient (Wildman–Crippen LogP) is 4.97. The summed E-state index contributed by atoms with van der Waals surface area (Å²) in [6, 6.07) is 11.2. The molecule has 0 aliphatic rings. The number of hydrogen-bond donors (Lipinski definition) is 1. The summed E-state index contributed by atoms with van der Waals surface area (Å²) in [5.41, 5.74) is 0.578. The molecule has 0 aliphatic carbocycles. The first-order chi connectivity index (χ1) is 13.9. The topological polar surface area (TPSA) is 58.6 Å². The smallest absolute Gasteiger partial charge is 0.261 e. The van der Waals surface area contributed by atoms with E-state index in [-0.39, 0.29) is 25.0 Å². The molecular weight excluding hydrogens is 435 g/mol. The van der Waals surface area contributed by atoms with Crippen molar-refractivity contribution in [1.82, 2.24) is 10.2 Å². The van der Waals surface area contributed by atoms with Gasteiger partial charge in [0, 0.05) is 33.7 Å². The lowest BCUT2D eigenvalue weighted by molar-refractivity contribution is -0.142. The monoisotopic (exact) mass is 456 g/mol. The third kappa shape index (κ3) is 6.53. The normalized spacial score (nSPS) is 11.6. The fraction of sp³-hybridized carbons (Fsp3) is 0.333. The van der Waals surface area contributed by atoms with Crippen molar-refractivity contribution in [3.8, 4) is 5.75 Å². The molecule has 156 valence electrons. The van der Waals surface area contributed by atoms with E-state index in [4.69, 9.17) is 39.5 Å². The molecule has 1 atom stereocenters. The minimum Gasteiger partial charge on any atom is -0.484 e. The number of ether oxygens (including phenoxy) is 1. The van der Waals surface area contributed by atoms with E-state index in [1.165, 1.54) is 4.90 Å². The molecule has 29 heavy (non-hydrogen) atoms. The number of nitrogens with zero attached hydrogens (tertiary/aromatic N) is 1. The van der Waals surface area contributed by atoms with E-state index in [9.17, 15) is 9.59 Å². The van der Waals surface area contributed by atoms with Crippen LogP contribution in [0.15, 0.2) is 42.5 Å². The Kier molecular flexibility index (Phi) is 9.08. The highest BCUT2D eigenvalue weighted by Crippen LogP contribution is 2.27. The van der Waals surface area contributed by atoms with Gasteiger partial charge in [-0.1, -0.05) is 53.9 Å². The van der Waals surface area contributed by atoms with E-state index in [0.29, 0.717) is 39.3 Å². The maximum atomic E-state index is 13.0. The molecule has 2 amide bonds. The third-order valence-electron chi connectivity index (χ3n) is 4.29. The number of benzene rings is 2. The summed E-state index contributed by atoms with van der Waals surface area (Å²) in [6.07, 6.45) is 0.427. The molecule has 0 saturated heterocycles. The van der Waals surface area contributed by atoms with Crippen molar-refractivity contribution >= 4 is 46.6 Å². The van der Waals surface area contributed by atoms with Gasteiger partial charge in [0.05, 0.1) is 0 Å². The summed E-state index contributed by atoms with van der Waals surface area (Å²) in [5, 5.41) is 4.13. The molecular formula is C21H23Cl3N2O3. The summed E-state index contributed by atoms with van der Waals surface area (Å²) in [6.45, 7) is 3.96. The van der Waals surface area contributed by atoms with Crippen LogP contribution in [-0.2, 0) is 16.1 Å². The number of nitrogens with one attached hydrogen (secondary N) is 1. The first-order valence-corrected chi connectivity index (χ1v) is 10.4. The molecule has 5 nitrogen and oxygen atoms in total. The van der Waals surface area contributed by atoms with Crippen LogP contribution in [0.25, 0.3) is 0 Å². The Morgan fingerprint density at radius 3 is 2.31 bits per heavy atom. The molecule has 0 saturated carbocycles. The van der Waals surface area contributed by atoms with Crippen molar-refractivity contribution in [3.05, 3.63) is 63.1 Å². The zero-order valence-electron chi connectivity index (χ0n) is 16.3. The minimum absolute atomic E-state index is 0.0892. The number of hydrogen-bond acceptors (Lipinski definition) is 3. The zero-order valence-corrected chi connectivity index (χ0v) is 18.5. The number of halogens is 3. The summed E-state index contributed by atoms with van der Waals surface area (Å²) in [4.78, 5) is 27.1. The van der Waals surface area contributed by atoms with E-state index < -0.39 is 6.04 Å². The molecule has 0 aliphatic heterocycles. The standard InChI is InChI=1S/C21H23Cl3N2O3/c1-3-19(21(28)25-4-2)26(12-16-17(23)9-6-10-18(16)24)20(27)13-29-15-8-5-7-14(22)11-15/h5-11,19H,3-4,12-13H2,1-2H3,(H,25,28)/t19-/m0/s1. The van der Waals surface area contributed by atoms with Gasteiger partial charge in [0.25, 0.3) is 5.91 Å². The number of carbonyl (C=O) groups is 2. The van der Waals surface area contributed by atoms with Crippen molar-refractivity contribution in [3.63, 3.8) is 0 Å². The van der Waals surface area contributed by atoms with Gasteiger partial charge < -0.3 is 15.0 Å². The molecule has 0 unspecified atom stereocenters. The Morgan fingerprint density at radius 1 is 1.07 bits per heavy atom. The van der Waals surface area contributed by atoms with Crippen LogP contribution in [0.5, 0.6) is 5.75 Å². The molecule has 2 aromatic rings. The molecule has 0 aromatic heterocycles. The first-order valence-electron chi connectivity index (χ1n) is 9.25. The fourth-order valence-electron chi connectivity index (χ4n) is 2.85. The van der Waals surface area contributed by atoms with Crippen LogP contribution in [0.2, 0.25) is 15.1 Å².